The minimum absolute atomic E-state index is 0.0971. The van der Waals surface area contributed by atoms with Crippen LogP contribution >= 0.6 is 0 Å². The van der Waals surface area contributed by atoms with Crippen LogP contribution in [-0.4, -0.2) is 37.1 Å². The molecule has 0 saturated carbocycles. The molecule has 168 valence electrons. The Morgan fingerprint density at radius 3 is 2.41 bits per heavy atom. The molecule has 0 radical (unpaired) electrons. The Balaban J connectivity index is 1.50. The third-order valence-corrected chi connectivity index (χ3v) is 6.63. The summed E-state index contributed by atoms with van der Waals surface area (Å²) in [6, 6.07) is 16.0. The summed E-state index contributed by atoms with van der Waals surface area (Å²) in [6.45, 7) is 12.8. The predicted octanol–water partition coefficient (Wildman–Crippen LogP) is 5.88. The molecule has 1 aromatic heterocycles. The quantitative estimate of drug-likeness (QED) is 0.531. The Bertz CT molecular complexity index is 1080. The van der Waals surface area contributed by atoms with Gasteiger partial charge in [-0.1, -0.05) is 6.92 Å². The highest BCUT2D eigenvalue weighted by Crippen LogP contribution is 2.28. The Morgan fingerprint density at radius 1 is 1.06 bits per heavy atom. The fourth-order valence-corrected chi connectivity index (χ4v) is 4.47. The van der Waals surface area contributed by atoms with Crippen LogP contribution in [0.1, 0.15) is 49.5 Å². The average molecular weight is 431 g/mol. The van der Waals surface area contributed by atoms with Gasteiger partial charge in [-0.05, 0) is 93.6 Å². The lowest BCUT2D eigenvalue weighted by atomic mass is 9.99. The highest BCUT2D eigenvalue weighted by molar-refractivity contribution is 6.05. The van der Waals surface area contributed by atoms with Crippen LogP contribution in [0.25, 0.3) is 10.9 Å². The summed E-state index contributed by atoms with van der Waals surface area (Å²) in [4.78, 5) is 22.4. The second-order valence-electron chi connectivity index (χ2n) is 8.87. The molecular weight excluding hydrogens is 396 g/mol. The lowest BCUT2D eigenvalue weighted by Gasteiger charge is -2.31. The Morgan fingerprint density at radius 2 is 1.75 bits per heavy atom. The van der Waals surface area contributed by atoms with Crippen LogP contribution in [0.2, 0.25) is 0 Å². The SMILES string of the molecule is CCN(CC)c1ccc(C(=O)Nc2ccc3nc(N4CCC(C)CC4)cc(C)c3c2)cc1. The molecule has 1 amide bonds. The van der Waals surface area contributed by atoms with Crippen LogP contribution in [0.3, 0.4) is 0 Å². The third-order valence-electron chi connectivity index (χ3n) is 6.63. The van der Waals surface area contributed by atoms with Crippen molar-refractivity contribution in [3.05, 3.63) is 59.7 Å². The second kappa shape index (κ2) is 9.60. The Hall–Kier alpha value is -3.08. The number of rotatable bonds is 6. The Kier molecular flexibility index (Phi) is 6.63. The number of nitrogens with zero attached hydrogens (tertiary/aromatic N) is 3. The molecule has 1 aliphatic heterocycles. The monoisotopic (exact) mass is 430 g/mol. The highest BCUT2D eigenvalue weighted by Gasteiger charge is 2.18. The number of carbonyl (C=O) groups is 1. The van der Waals surface area contributed by atoms with E-state index in [1.54, 1.807) is 0 Å². The van der Waals surface area contributed by atoms with Gasteiger partial charge >= 0.3 is 0 Å². The molecule has 0 atom stereocenters. The van der Waals surface area contributed by atoms with E-state index in [4.69, 9.17) is 4.98 Å². The molecule has 2 heterocycles. The first kappa shape index (κ1) is 22.1. The standard InChI is InChI=1S/C27H34N4O/c1-5-30(6-2)23-10-7-21(8-11-23)27(32)28-22-9-12-25-24(18-22)20(4)17-26(29-25)31-15-13-19(3)14-16-31/h7-12,17-19H,5-6,13-16H2,1-4H3,(H,28,32). The van der Waals surface area contributed by atoms with Gasteiger partial charge in [0, 0.05) is 48.5 Å². The highest BCUT2D eigenvalue weighted by atomic mass is 16.1. The van der Waals surface area contributed by atoms with Crippen molar-refractivity contribution in [1.82, 2.24) is 4.98 Å². The summed E-state index contributed by atoms with van der Waals surface area (Å²) in [5, 5.41) is 4.12. The molecule has 4 rings (SSSR count). The van der Waals surface area contributed by atoms with Gasteiger partial charge in [-0.25, -0.2) is 4.98 Å². The molecule has 5 heteroatoms. The fraction of sp³-hybridized carbons (Fsp3) is 0.407. The number of piperidine rings is 1. The molecule has 0 unspecified atom stereocenters. The van der Waals surface area contributed by atoms with Crippen LogP contribution < -0.4 is 15.1 Å². The number of amides is 1. The van der Waals surface area contributed by atoms with Crippen molar-refractivity contribution < 1.29 is 4.79 Å². The maximum absolute atomic E-state index is 12.8. The van der Waals surface area contributed by atoms with E-state index in [-0.39, 0.29) is 5.91 Å². The lowest BCUT2D eigenvalue weighted by Crippen LogP contribution is -2.33. The summed E-state index contributed by atoms with van der Waals surface area (Å²) < 4.78 is 0. The smallest absolute Gasteiger partial charge is 0.255 e. The van der Waals surface area contributed by atoms with Gasteiger partial charge in [0.25, 0.3) is 5.91 Å². The summed E-state index contributed by atoms with van der Waals surface area (Å²) >= 11 is 0. The number of nitrogens with one attached hydrogen (secondary N) is 1. The van der Waals surface area contributed by atoms with Gasteiger partial charge in [0.2, 0.25) is 0 Å². The van der Waals surface area contributed by atoms with Crippen molar-refractivity contribution in [3.8, 4) is 0 Å². The number of hydrogen-bond donors (Lipinski definition) is 1. The second-order valence-corrected chi connectivity index (χ2v) is 8.87. The molecule has 1 N–H and O–H groups in total. The van der Waals surface area contributed by atoms with Crippen LogP contribution in [0.5, 0.6) is 0 Å². The molecule has 32 heavy (non-hydrogen) atoms. The zero-order valence-electron chi connectivity index (χ0n) is 19.7. The molecule has 1 saturated heterocycles. The van der Waals surface area contributed by atoms with Crippen molar-refractivity contribution in [2.45, 2.75) is 40.5 Å². The third kappa shape index (κ3) is 4.72. The van der Waals surface area contributed by atoms with Crippen LogP contribution in [-0.2, 0) is 0 Å². The van der Waals surface area contributed by atoms with Gasteiger partial charge in [0.15, 0.2) is 0 Å². The van der Waals surface area contributed by atoms with Gasteiger partial charge in [-0.2, -0.15) is 0 Å². The van der Waals surface area contributed by atoms with E-state index in [9.17, 15) is 4.79 Å². The van der Waals surface area contributed by atoms with E-state index in [2.05, 4.69) is 48.9 Å². The number of anilines is 3. The molecule has 0 spiro atoms. The van der Waals surface area contributed by atoms with E-state index in [1.807, 2.05) is 42.5 Å². The molecule has 1 fully saturated rings. The molecule has 5 nitrogen and oxygen atoms in total. The van der Waals surface area contributed by atoms with E-state index < -0.39 is 0 Å². The van der Waals surface area contributed by atoms with Crippen molar-refractivity contribution in [2.24, 2.45) is 5.92 Å². The average Bonchev–Trinajstić information content (AvgIpc) is 2.81. The maximum atomic E-state index is 12.8. The summed E-state index contributed by atoms with van der Waals surface area (Å²) in [5.41, 5.74) is 4.74. The van der Waals surface area contributed by atoms with Gasteiger partial charge in [0.1, 0.15) is 5.82 Å². The normalized spacial score (nSPS) is 14.6. The van der Waals surface area contributed by atoms with E-state index in [0.717, 1.165) is 60.2 Å². The van der Waals surface area contributed by atoms with Crippen LogP contribution in [0.4, 0.5) is 17.2 Å². The number of fused-ring (bicyclic) bond motifs is 1. The molecular formula is C27H34N4O. The van der Waals surface area contributed by atoms with Gasteiger partial charge in [0.05, 0.1) is 5.52 Å². The lowest BCUT2D eigenvalue weighted by molar-refractivity contribution is 0.102. The van der Waals surface area contributed by atoms with Gasteiger partial charge in [-0.15, -0.1) is 0 Å². The van der Waals surface area contributed by atoms with Crippen molar-refractivity contribution in [1.29, 1.82) is 0 Å². The molecule has 2 aromatic carbocycles. The van der Waals surface area contributed by atoms with Gasteiger partial charge in [-0.3, -0.25) is 4.79 Å². The minimum Gasteiger partial charge on any atom is -0.372 e. The van der Waals surface area contributed by atoms with Crippen LogP contribution in [0.15, 0.2) is 48.5 Å². The first-order valence-electron chi connectivity index (χ1n) is 11.8. The number of aryl methyl sites for hydroxylation is 1. The maximum Gasteiger partial charge on any atom is 0.255 e. The first-order valence-corrected chi connectivity index (χ1v) is 11.8. The number of hydrogen-bond acceptors (Lipinski definition) is 4. The molecule has 0 aliphatic carbocycles. The van der Waals surface area contributed by atoms with Crippen molar-refractivity contribution >= 4 is 34.0 Å². The largest absolute Gasteiger partial charge is 0.372 e. The fourth-order valence-electron chi connectivity index (χ4n) is 4.47. The number of benzene rings is 2. The van der Waals surface area contributed by atoms with Crippen molar-refractivity contribution in [2.75, 3.05) is 41.3 Å². The predicted molar refractivity (Wildman–Crippen MR) is 135 cm³/mol. The van der Waals surface area contributed by atoms with Crippen molar-refractivity contribution in [3.63, 3.8) is 0 Å². The van der Waals surface area contributed by atoms with E-state index in [0.29, 0.717) is 5.56 Å². The van der Waals surface area contributed by atoms with Crippen LogP contribution in [0, 0.1) is 12.8 Å². The zero-order chi connectivity index (χ0) is 22.7. The zero-order valence-corrected chi connectivity index (χ0v) is 19.7. The first-order chi connectivity index (χ1) is 15.5. The summed E-state index contributed by atoms with van der Waals surface area (Å²) in [6.07, 6.45) is 2.44. The van der Waals surface area contributed by atoms with Gasteiger partial charge < -0.3 is 15.1 Å². The number of carbonyl (C=O) groups excluding carboxylic acids is 1. The summed E-state index contributed by atoms with van der Waals surface area (Å²) in [7, 11) is 0. The molecule has 3 aromatic rings. The van der Waals surface area contributed by atoms with E-state index >= 15 is 0 Å². The minimum atomic E-state index is -0.0971. The summed E-state index contributed by atoms with van der Waals surface area (Å²) in [5.74, 6) is 1.76. The number of aromatic nitrogens is 1. The van der Waals surface area contributed by atoms with E-state index in [1.165, 1.54) is 18.4 Å². The molecule has 0 bridgehead atoms. The Labute approximate surface area is 191 Å². The number of pyridine rings is 1. The topological polar surface area (TPSA) is 48.5 Å². The molecule has 1 aliphatic rings.